The molecule has 198 valence electrons. The number of hydrogen-bond donors (Lipinski definition) is 0. The molecule has 5 rings (SSSR count). The van der Waals surface area contributed by atoms with Crippen molar-refractivity contribution in [2.24, 2.45) is 7.05 Å². The summed E-state index contributed by atoms with van der Waals surface area (Å²) in [5.41, 5.74) is 1.44. The van der Waals surface area contributed by atoms with E-state index < -0.39 is 11.9 Å². The number of benzene rings is 2. The molecule has 0 unspecified atom stereocenters. The van der Waals surface area contributed by atoms with Gasteiger partial charge in [0.1, 0.15) is 29.2 Å². The molecule has 2 fully saturated rings. The molecule has 1 amide bonds. The number of piperidine rings is 1. The van der Waals surface area contributed by atoms with Crippen LogP contribution >= 0.6 is 0 Å². The third kappa shape index (κ3) is 4.86. The van der Waals surface area contributed by atoms with Crippen LogP contribution in [-0.2, 0) is 11.8 Å². The van der Waals surface area contributed by atoms with Gasteiger partial charge in [0.05, 0.1) is 16.9 Å². The van der Waals surface area contributed by atoms with E-state index in [0.717, 1.165) is 11.8 Å². The molecule has 2 aromatic carbocycles. The summed E-state index contributed by atoms with van der Waals surface area (Å²) in [6.07, 6.45) is -2.59. The molecule has 0 spiro atoms. The Morgan fingerprint density at radius 1 is 1.00 bits per heavy atom. The predicted molar refractivity (Wildman–Crippen MR) is 134 cm³/mol. The lowest BCUT2D eigenvalue weighted by Gasteiger charge is -2.35. The van der Waals surface area contributed by atoms with Crippen molar-refractivity contribution in [2.75, 3.05) is 29.4 Å². The van der Waals surface area contributed by atoms with Gasteiger partial charge in [0.25, 0.3) is 5.56 Å². The minimum atomic E-state index is -4.76. The number of para-hydroxylation sites is 1. The largest absolute Gasteiger partial charge is 0.573 e. The van der Waals surface area contributed by atoms with Crippen molar-refractivity contribution in [3.63, 3.8) is 0 Å². The highest BCUT2D eigenvalue weighted by molar-refractivity contribution is 6.07. The molecule has 11 heteroatoms. The highest BCUT2D eigenvalue weighted by Crippen LogP contribution is 2.37. The normalized spacial score (nSPS) is 16.7. The van der Waals surface area contributed by atoms with E-state index in [-0.39, 0.29) is 23.3 Å². The number of aromatic nitrogens is 1. The third-order valence-electron chi connectivity index (χ3n) is 6.95. The topological polar surface area (TPSA) is 87.8 Å². The van der Waals surface area contributed by atoms with Crippen LogP contribution in [0.25, 0.3) is 10.9 Å². The maximum absolute atomic E-state index is 13.3. The molecule has 38 heavy (non-hydrogen) atoms. The van der Waals surface area contributed by atoms with Gasteiger partial charge in [-0.05, 0) is 36.8 Å². The fraction of sp³-hybridized carbons (Fsp3) is 0.370. The summed E-state index contributed by atoms with van der Waals surface area (Å²) in [6.45, 7) is 1.58. The first-order valence-corrected chi connectivity index (χ1v) is 12.3. The number of nitrogens with zero attached hydrogens (tertiary/aromatic N) is 4. The Bertz CT molecular complexity index is 1470. The Morgan fingerprint density at radius 2 is 1.68 bits per heavy atom. The summed E-state index contributed by atoms with van der Waals surface area (Å²) in [7, 11) is 1.62. The van der Waals surface area contributed by atoms with Crippen molar-refractivity contribution in [1.82, 2.24) is 4.57 Å². The molecule has 2 aliphatic heterocycles. The quantitative estimate of drug-likeness (QED) is 0.487. The summed E-state index contributed by atoms with van der Waals surface area (Å²) >= 11 is 0. The van der Waals surface area contributed by atoms with Crippen LogP contribution in [0, 0.1) is 11.3 Å². The van der Waals surface area contributed by atoms with Crippen LogP contribution in [0.1, 0.15) is 31.2 Å². The van der Waals surface area contributed by atoms with Crippen molar-refractivity contribution < 1.29 is 27.4 Å². The number of carbonyl (C=O) groups is 1. The average molecular weight is 527 g/mol. The van der Waals surface area contributed by atoms with Gasteiger partial charge in [-0.25, -0.2) is 0 Å². The molecular formula is C27H25F3N4O4. The smallest absolute Gasteiger partial charge is 0.490 e. The van der Waals surface area contributed by atoms with E-state index in [1.807, 2.05) is 23.1 Å². The fourth-order valence-electron chi connectivity index (χ4n) is 5.24. The molecule has 8 nitrogen and oxygen atoms in total. The average Bonchev–Trinajstić information content (AvgIpc) is 3.32. The SMILES string of the molecule is Cn1c(=O)c(C#N)c(N2CCC(Oc3ccc(OC(F)(F)F)cc3)CC2)c2cccc(N3CCCC3=O)c21. The molecule has 0 atom stereocenters. The van der Waals surface area contributed by atoms with Crippen LogP contribution in [-0.4, -0.2) is 42.6 Å². The molecule has 1 aromatic heterocycles. The number of pyridine rings is 1. The molecular weight excluding hydrogens is 501 g/mol. The third-order valence-corrected chi connectivity index (χ3v) is 6.95. The van der Waals surface area contributed by atoms with E-state index in [2.05, 4.69) is 10.8 Å². The minimum absolute atomic E-state index is 0.00632. The zero-order chi connectivity index (χ0) is 27.0. The first-order chi connectivity index (χ1) is 18.2. The van der Waals surface area contributed by atoms with E-state index in [1.54, 1.807) is 11.9 Å². The summed E-state index contributed by atoms with van der Waals surface area (Å²) < 4.78 is 48.5. The molecule has 3 aromatic rings. The molecule has 0 N–H and O–H groups in total. The Labute approximate surface area is 216 Å². The van der Waals surface area contributed by atoms with Gasteiger partial charge < -0.3 is 23.8 Å². The summed E-state index contributed by atoms with van der Waals surface area (Å²) in [6, 6.07) is 12.9. The lowest BCUT2D eigenvalue weighted by Crippen LogP contribution is -2.40. The number of amides is 1. The highest BCUT2D eigenvalue weighted by atomic mass is 19.4. The van der Waals surface area contributed by atoms with Crippen LogP contribution in [0.5, 0.6) is 11.5 Å². The number of nitriles is 1. The van der Waals surface area contributed by atoms with Crippen molar-refractivity contribution in [2.45, 2.75) is 38.1 Å². The summed E-state index contributed by atoms with van der Waals surface area (Å²) in [5.74, 6) is 0.109. The number of anilines is 2. The Hall–Kier alpha value is -4.20. The number of ether oxygens (including phenoxy) is 2. The second-order valence-electron chi connectivity index (χ2n) is 9.35. The number of carbonyl (C=O) groups excluding carboxylic acids is 1. The van der Waals surface area contributed by atoms with Crippen LogP contribution in [0.2, 0.25) is 0 Å². The second kappa shape index (κ2) is 9.93. The van der Waals surface area contributed by atoms with Gasteiger partial charge >= 0.3 is 6.36 Å². The number of aryl methyl sites for hydroxylation is 1. The Kier molecular flexibility index (Phi) is 6.65. The monoisotopic (exact) mass is 526 g/mol. The number of alkyl halides is 3. The lowest BCUT2D eigenvalue weighted by atomic mass is 10.0. The fourth-order valence-corrected chi connectivity index (χ4v) is 5.24. The van der Waals surface area contributed by atoms with Crippen molar-refractivity contribution in [1.29, 1.82) is 5.26 Å². The first-order valence-electron chi connectivity index (χ1n) is 12.3. The number of hydrogen-bond acceptors (Lipinski definition) is 6. The number of halogens is 3. The van der Waals surface area contributed by atoms with Crippen LogP contribution in [0.3, 0.4) is 0 Å². The van der Waals surface area contributed by atoms with Crippen molar-refractivity contribution >= 4 is 28.2 Å². The number of fused-ring (bicyclic) bond motifs is 1. The van der Waals surface area contributed by atoms with E-state index in [0.29, 0.717) is 61.5 Å². The molecule has 2 aliphatic rings. The van der Waals surface area contributed by atoms with Gasteiger partial charge in [0, 0.05) is 51.3 Å². The molecule has 0 radical (unpaired) electrons. The van der Waals surface area contributed by atoms with Crippen molar-refractivity contribution in [3.05, 3.63) is 58.4 Å². The van der Waals surface area contributed by atoms with Gasteiger partial charge in [-0.15, -0.1) is 13.2 Å². The van der Waals surface area contributed by atoms with Gasteiger partial charge in [-0.1, -0.05) is 12.1 Å². The van der Waals surface area contributed by atoms with E-state index in [1.165, 1.54) is 28.8 Å². The lowest BCUT2D eigenvalue weighted by molar-refractivity contribution is -0.274. The van der Waals surface area contributed by atoms with Gasteiger partial charge in [0.2, 0.25) is 5.91 Å². The summed E-state index contributed by atoms with van der Waals surface area (Å²) in [5, 5.41) is 10.6. The molecule has 2 saturated heterocycles. The molecule has 3 heterocycles. The standard InChI is InChI=1S/C27H25F3N4O4/c1-32-25-20(4-2-5-22(25)34-13-3-6-23(34)35)24(21(16-31)26(32)36)33-14-11-18(12-15-33)37-17-7-9-19(10-8-17)38-27(28,29)30/h2,4-5,7-10,18H,3,6,11-15H2,1H3. The van der Waals surface area contributed by atoms with Crippen LogP contribution in [0.15, 0.2) is 47.3 Å². The van der Waals surface area contributed by atoms with Crippen LogP contribution in [0.4, 0.5) is 24.5 Å². The van der Waals surface area contributed by atoms with E-state index >= 15 is 0 Å². The van der Waals surface area contributed by atoms with Crippen LogP contribution < -0.4 is 24.8 Å². The molecule has 0 bridgehead atoms. The second-order valence-corrected chi connectivity index (χ2v) is 9.35. The highest BCUT2D eigenvalue weighted by Gasteiger charge is 2.32. The van der Waals surface area contributed by atoms with Crippen molar-refractivity contribution in [3.8, 4) is 17.6 Å². The Balaban J connectivity index is 1.39. The minimum Gasteiger partial charge on any atom is -0.490 e. The maximum Gasteiger partial charge on any atom is 0.573 e. The first kappa shape index (κ1) is 25.4. The number of rotatable bonds is 5. The Morgan fingerprint density at radius 3 is 2.29 bits per heavy atom. The maximum atomic E-state index is 13.3. The predicted octanol–water partition coefficient (Wildman–Crippen LogP) is 4.48. The summed E-state index contributed by atoms with van der Waals surface area (Å²) in [4.78, 5) is 29.4. The zero-order valence-electron chi connectivity index (χ0n) is 20.6. The van der Waals surface area contributed by atoms with Gasteiger partial charge in [-0.2, -0.15) is 5.26 Å². The zero-order valence-corrected chi connectivity index (χ0v) is 20.6. The molecule has 0 saturated carbocycles. The molecule has 0 aliphatic carbocycles. The van der Waals surface area contributed by atoms with E-state index in [9.17, 15) is 28.0 Å². The van der Waals surface area contributed by atoms with E-state index in [4.69, 9.17) is 4.74 Å². The van der Waals surface area contributed by atoms with Gasteiger partial charge in [0.15, 0.2) is 0 Å². The van der Waals surface area contributed by atoms with Gasteiger partial charge in [-0.3, -0.25) is 9.59 Å².